The van der Waals surface area contributed by atoms with E-state index >= 15 is 0 Å². The molecule has 8 heteroatoms. The number of anilines is 1. The molecule has 0 spiro atoms. The molecular formula is C9H16N4O2S2. The van der Waals surface area contributed by atoms with Crippen LogP contribution in [0.4, 0.5) is 5.82 Å². The highest BCUT2D eigenvalue weighted by molar-refractivity contribution is 7.99. The van der Waals surface area contributed by atoms with Gasteiger partial charge in [0, 0.05) is 25.9 Å². The molecule has 1 aromatic rings. The summed E-state index contributed by atoms with van der Waals surface area (Å²) in [5.41, 5.74) is 5.62. The maximum Gasteiger partial charge on any atom is 0.262 e. The molecule has 0 radical (unpaired) electrons. The first kappa shape index (κ1) is 12.7. The average Bonchev–Trinajstić information content (AvgIpc) is 2.87. The van der Waals surface area contributed by atoms with Crippen LogP contribution < -0.4 is 5.73 Å². The highest BCUT2D eigenvalue weighted by atomic mass is 32.2. The Balaban J connectivity index is 2.36. The highest BCUT2D eigenvalue weighted by Crippen LogP contribution is 2.27. The molecule has 1 saturated heterocycles. The molecule has 2 rings (SSSR count). The molecule has 2 heterocycles. The Bertz CT molecular complexity index is 486. The lowest BCUT2D eigenvalue weighted by molar-refractivity contribution is 0.391. The van der Waals surface area contributed by atoms with E-state index < -0.39 is 10.0 Å². The third kappa shape index (κ3) is 2.16. The van der Waals surface area contributed by atoms with Crippen molar-refractivity contribution in [3.63, 3.8) is 0 Å². The maximum atomic E-state index is 12.4. The minimum absolute atomic E-state index is 0.0549. The van der Waals surface area contributed by atoms with Gasteiger partial charge in [0.1, 0.15) is 0 Å². The van der Waals surface area contributed by atoms with Gasteiger partial charge in [-0.05, 0) is 12.2 Å². The highest BCUT2D eigenvalue weighted by Gasteiger charge is 2.33. The summed E-state index contributed by atoms with van der Waals surface area (Å²) in [7, 11) is -0.303. The van der Waals surface area contributed by atoms with E-state index in [-0.39, 0.29) is 16.9 Å². The minimum atomic E-state index is -3.54. The Labute approximate surface area is 105 Å². The largest absolute Gasteiger partial charge is 0.381 e. The Morgan fingerprint density at radius 2 is 2.35 bits per heavy atom. The predicted molar refractivity (Wildman–Crippen MR) is 68.3 cm³/mol. The van der Waals surface area contributed by atoms with Crippen LogP contribution >= 0.6 is 11.8 Å². The fourth-order valence-corrected chi connectivity index (χ4v) is 4.83. The number of nitrogens with zero attached hydrogens (tertiary/aromatic N) is 3. The maximum absolute atomic E-state index is 12.4. The zero-order chi connectivity index (χ0) is 12.6. The van der Waals surface area contributed by atoms with E-state index in [4.69, 9.17) is 5.73 Å². The lowest BCUT2D eigenvalue weighted by Gasteiger charge is -2.23. The first-order chi connectivity index (χ1) is 7.94. The SMILES string of the molecule is CN(C1CCSC1)S(=O)(=O)c1c(N)ncn1C. The zero-order valence-corrected chi connectivity index (χ0v) is 11.5. The van der Waals surface area contributed by atoms with Crippen molar-refractivity contribution in [3.05, 3.63) is 6.33 Å². The van der Waals surface area contributed by atoms with Crippen LogP contribution in [0.25, 0.3) is 0 Å². The lowest BCUT2D eigenvalue weighted by atomic mass is 10.3. The van der Waals surface area contributed by atoms with E-state index in [1.807, 2.05) is 0 Å². The van der Waals surface area contributed by atoms with Gasteiger partial charge in [-0.15, -0.1) is 0 Å². The van der Waals surface area contributed by atoms with Crippen LogP contribution in [-0.2, 0) is 17.1 Å². The van der Waals surface area contributed by atoms with Crippen LogP contribution in [0.15, 0.2) is 11.4 Å². The van der Waals surface area contributed by atoms with Crippen LogP contribution in [0, 0.1) is 0 Å². The van der Waals surface area contributed by atoms with Crippen molar-refractivity contribution in [3.8, 4) is 0 Å². The van der Waals surface area contributed by atoms with Gasteiger partial charge in [-0.1, -0.05) is 0 Å². The molecule has 96 valence electrons. The molecule has 1 aliphatic rings. The second-order valence-corrected chi connectivity index (χ2v) is 7.15. The zero-order valence-electron chi connectivity index (χ0n) is 9.83. The molecule has 6 nitrogen and oxygen atoms in total. The van der Waals surface area contributed by atoms with Gasteiger partial charge in [0.15, 0.2) is 10.8 Å². The Hall–Kier alpha value is -0.730. The van der Waals surface area contributed by atoms with Crippen LogP contribution in [-0.4, -0.2) is 46.9 Å². The van der Waals surface area contributed by atoms with E-state index in [9.17, 15) is 8.42 Å². The van der Waals surface area contributed by atoms with Crippen molar-refractivity contribution >= 4 is 27.6 Å². The molecule has 1 unspecified atom stereocenters. The number of nitrogen functional groups attached to an aromatic ring is 1. The van der Waals surface area contributed by atoms with E-state index in [2.05, 4.69) is 4.98 Å². The Morgan fingerprint density at radius 1 is 1.65 bits per heavy atom. The Morgan fingerprint density at radius 3 is 2.82 bits per heavy atom. The molecule has 17 heavy (non-hydrogen) atoms. The van der Waals surface area contributed by atoms with Crippen LogP contribution in [0.3, 0.4) is 0 Å². The summed E-state index contributed by atoms with van der Waals surface area (Å²) in [5.74, 6) is 1.91. The van der Waals surface area contributed by atoms with Gasteiger partial charge in [0.25, 0.3) is 10.0 Å². The average molecular weight is 276 g/mol. The summed E-state index contributed by atoms with van der Waals surface area (Å²) in [6.45, 7) is 0. The predicted octanol–water partition coefficient (Wildman–Crippen LogP) is 0.128. The lowest BCUT2D eigenvalue weighted by Crippen LogP contribution is -2.38. The summed E-state index contributed by atoms with van der Waals surface area (Å²) >= 11 is 1.77. The van der Waals surface area contributed by atoms with Gasteiger partial charge in [0.2, 0.25) is 0 Å². The standard InChI is InChI=1S/C9H16N4O2S2/c1-12-6-11-8(10)9(12)17(14,15)13(2)7-3-4-16-5-7/h6-7H,3-5,10H2,1-2H3. The van der Waals surface area contributed by atoms with Gasteiger partial charge in [-0.2, -0.15) is 16.1 Å². The molecule has 1 fully saturated rings. The third-order valence-electron chi connectivity index (χ3n) is 2.95. The van der Waals surface area contributed by atoms with Crippen molar-refractivity contribution in [2.24, 2.45) is 7.05 Å². The topological polar surface area (TPSA) is 81.2 Å². The summed E-state index contributed by atoms with van der Waals surface area (Å²) in [5, 5.41) is 0.0805. The fourth-order valence-electron chi connectivity index (χ4n) is 1.89. The molecule has 1 aromatic heterocycles. The number of aryl methyl sites for hydroxylation is 1. The molecule has 0 aromatic carbocycles. The van der Waals surface area contributed by atoms with Gasteiger partial charge in [-0.3, -0.25) is 0 Å². The van der Waals surface area contributed by atoms with Crippen molar-refractivity contribution in [2.75, 3.05) is 24.3 Å². The van der Waals surface area contributed by atoms with Crippen LogP contribution in [0.5, 0.6) is 0 Å². The first-order valence-electron chi connectivity index (χ1n) is 5.27. The van der Waals surface area contributed by atoms with E-state index in [1.165, 1.54) is 15.2 Å². The molecule has 0 saturated carbocycles. The quantitative estimate of drug-likeness (QED) is 0.848. The summed E-state index contributed by atoms with van der Waals surface area (Å²) in [6, 6.07) is 0.0549. The monoisotopic (exact) mass is 276 g/mol. The molecule has 0 aliphatic carbocycles. The van der Waals surface area contributed by atoms with E-state index in [0.717, 1.165) is 17.9 Å². The number of aromatic nitrogens is 2. The van der Waals surface area contributed by atoms with E-state index in [0.29, 0.717) is 0 Å². The van der Waals surface area contributed by atoms with Crippen molar-refractivity contribution in [1.82, 2.24) is 13.9 Å². The van der Waals surface area contributed by atoms with Gasteiger partial charge in [-0.25, -0.2) is 13.4 Å². The number of rotatable bonds is 3. The van der Waals surface area contributed by atoms with Gasteiger partial charge in [0.05, 0.1) is 6.33 Å². The van der Waals surface area contributed by atoms with Crippen LogP contribution in [0.1, 0.15) is 6.42 Å². The number of thioether (sulfide) groups is 1. The first-order valence-corrected chi connectivity index (χ1v) is 7.86. The fraction of sp³-hybridized carbons (Fsp3) is 0.667. The van der Waals surface area contributed by atoms with Crippen molar-refractivity contribution in [1.29, 1.82) is 0 Å². The van der Waals surface area contributed by atoms with Gasteiger partial charge >= 0.3 is 0 Å². The van der Waals surface area contributed by atoms with E-state index in [1.54, 1.807) is 25.9 Å². The summed E-state index contributed by atoms with van der Waals surface area (Å²) in [4.78, 5) is 3.82. The number of hydrogen-bond donors (Lipinski definition) is 1. The van der Waals surface area contributed by atoms with Crippen LogP contribution in [0.2, 0.25) is 0 Å². The Kier molecular flexibility index (Phi) is 3.37. The molecule has 1 atom stereocenters. The molecule has 1 aliphatic heterocycles. The second kappa shape index (κ2) is 4.51. The summed E-state index contributed by atoms with van der Waals surface area (Å²) in [6.07, 6.45) is 2.30. The number of nitrogens with two attached hydrogens (primary N) is 1. The molecule has 0 bridgehead atoms. The van der Waals surface area contributed by atoms with Crippen molar-refractivity contribution < 1.29 is 8.42 Å². The second-order valence-electron chi connectivity index (χ2n) is 4.08. The minimum Gasteiger partial charge on any atom is -0.381 e. The number of sulfonamides is 1. The van der Waals surface area contributed by atoms with Gasteiger partial charge < -0.3 is 10.3 Å². The van der Waals surface area contributed by atoms with Crippen molar-refractivity contribution in [2.45, 2.75) is 17.5 Å². The number of hydrogen-bond acceptors (Lipinski definition) is 5. The molecule has 0 amide bonds. The molecular weight excluding hydrogens is 260 g/mol. The molecule has 2 N–H and O–H groups in total. The normalized spacial score (nSPS) is 21.2. The smallest absolute Gasteiger partial charge is 0.262 e. The summed E-state index contributed by atoms with van der Waals surface area (Å²) < 4.78 is 27.7. The third-order valence-corrected chi connectivity index (χ3v) is 6.14. The number of imidazole rings is 1.